The summed E-state index contributed by atoms with van der Waals surface area (Å²) in [4.78, 5) is 29.3. The molecule has 1 atom stereocenters. The van der Waals surface area contributed by atoms with Crippen molar-refractivity contribution in [1.29, 1.82) is 0 Å². The number of carbonyl (C=O) groups is 2. The summed E-state index contributed by atoms with van der Waals surface area (Å²) in [6.07, 6.45) is 2.74. The van der Waals surface area contributed by atoms with Crippen LogP contribution in [0.4, 0.5) is 4.39 Å². The third-order valence-corrected chi connectivity index (χ3v) is 4.58. The van der Waals surface area contributed by atoms with Gasteiger partial charge in [-0.15, -0.1) is 0 Å². The van der Waals surface area contributed by atoms with Crippen LogP contribution in [0.3, 0.4) is 0 Å². The Bertz CT molecular complexity index is 997. The van der Waals surface area contributed by atoms with Gasteiger partial charge < -0.3 is 14.6 Å². The first-order chi connectivity index (χ1) is 12.5. The largest absolute Gasteiger partial charge is 0.478 e. The molecule has 0 radical (unpaired) electrons. The van der Waals surface area contributed by atoms with E-state index in [0.29, 0.717) is 24.2 Å². The van der Waals surface area contributed by atoms with Gasteiger partial charge in [0.25, 0.3) is 5.91 Å². The highest BCUT2D eigenvalue weighted by molar-refractivity contribution is 5.97. The molecule has 0 unspecified atom stereocenters. The summed E-state index contributed by atoms with van der Waals surface area (Å²) in [5.41, 5.74) is 2.08. The fourth-order valence-electron chi connectivity index (χ4n) is 3.20. The molecule has 2 aromatic heterocycles. The van der Waals surface area contributed by atoms with Gasteiger partial charge >= 0.3 is 5.97 Å². The number of halogens is 1. The number of carbonyl (C=O) groups excluding carboxylic acids is 1. The van der Waals surface area contributed by atoms with E-state index < -0.39 is 12.1 Å². The summed E-state index contributed by atoms with van der Waals surface area (Å²) < 4.78 is 15.1. The minimum absolute atomic E-state index is 0.133. The van der Waals surface area contributed by atoms with Crippen molar-refractivity contribution in [3.05, 3.63) is 59.9 Å². The molecule has 1 aliphatic heterocycles. The van der Waals surface area contributed by atoms with Crippen molar-refractivity contribution in [3.63, 3.8) is 0 Å². The lowest BCUT2D eigenvalue weighted by Gasteiger charge is -2.15. The third kappa shape index (κ3) is 2.81. The number of hydrogen-bond donors (Lipinski definition) is 1. The monoisotopic (exact) mass is 353 g/mol. The van der Waals surface area contributed by atoms with Crippen LogP contribution in [-0.4, -0.2) is 50.7 Å². The van der Waals surface area contributed by atoms with Crippen LogP contribution in [0.25, 0.3) is 16.7 Å². The van der Waals surface area contributed by atoms with E-state index in [2.05, 4.69) is 4.98 Å². The number of aromatic nitrogens is 2. The summed E-state index contributed by atoms with van der Waals surface area (Å²) in [7, 11) is 0. The second-order valence-corrected chi connectivity index (χ2v) is 6.31. The van der Waals surface area contributed by atoms with E-state index in [1.165, 1.54) is 23.2 Å². The molecule has 1 aliphatic rings. The number of fused-ring (bicyclic) bond motifs is 1. The predicted octanol–water partition coefficient (Wildman–Crippen LogP) is 2.91. The lowest BCUT2D eigenvalue weighted by molar-refractivity contribution is 0.0696. The lowest BCUT2D eigenvalue weighted by atomic mass is 10.2. The van der Waals surface area contributed by atoms with Crippen LogP contribution < -0.4 is 0 Å². The minimum atomic E-state index is -0.979. The highest BCUT2D eigenvalue weighted by atomic mass is 19.1. The summed E-state index contributed by atoms with van der Waals surface area (Å²) in [5.74, 6) is -1.19. The Morgan fingerprint density at radius 1 is 1.15 bits per heavy atom. The number of alkyl halides is 1. The molecule has 1 aromatic carbocycles. The predicted molar refractivity (Wildman–Crippen MR) is 93.4 cm³/mol. The van der Waals surface area contributed by atoms with Crippen LogP contribution in [0, 0.1) is 0 Å². The van der Waals surface area contributed by atoms with Crippen LogP contribution in [-0.2, 0) is 0 Å². The Hall–Kier alpha value is -3.22. The fourth-order valence-corrected chi connectivity index (χ4v) is 3.20. The van der Waals surface area contributed by atoms with Gasteiger partial charge in [-0.25, -0.2) is 14.2 Å². The van der Waals surface area contributed by atoms with Gasteiger partial charge in [-0.3, -0.25) is 4.79 Å². The second-order valence-electron chi connectivity index (χ2n) is 6.31. The van der Waals surface area contributed by atoms with Crippen molar-refractivity contribution in [2.24, 2.45) is 0 Å². The van der Waals surface area contributed by atoms with Crippen molar-refractivity contribution < 1.29 is 19.1 Å². The molecular formula is C19H16FN3O3. The lowest BCUT2D eigenvalue weighted by Crippen LogP contribution is -2.29. The summed E-state index contributed by atoms with van der Waals surface area (Å²) in [6.45, 7) is 0.558. The Kier molecular flexibility index (Phi) is 3.91. The molecule has 0 spiro atoms. The van der Waals surface area contributed by atoms with Gasteiger partial charge in [0.1, 0.15) is 11.8 Å². The zero-order valence-electron chi connectivity index (χ0n) is 13.8. The van der Waals surface area contributed by atoms with Crippen LogP contribution in [0.2, 0.25) is 0 Å². The number of carboxylic acids is 1. The summed E-state index contributed by atoms with van der Waals surface area (Å²) in [5, 5.41) is 9.77. The van der Waals surface area contributed by atoms with Gasteiger partial charge in [-0.1, -0.05) is 0 Å². The molecule has 3 heterocycles. The van der Waals surface area contributed by atoms with E-state index in [-0.39, 0.29) is 18.0 Å². The first-order valence-electron chi connectivity index (χ1n) is 8.27. The van der Waals surface area contributed by atoms with Crippen molar-refractivity contribution in [3.8, 4) is 5.69 Å². The minimum Gasteiger partial charge on any atom is -0.478 e. The zero-order chi connectivity index (χ0) is 18.3. The van der Waals surface area contributed by atoms with Gasteiger partial charge in [0.05, 0.1) is 17.7 Å². The molecule has 1 N–H and O–H groups in total. The molecule has 4 rings (SSSR count). The number of amides is 1. The number of hydrogen-bond acceptors (Lipinski definition) is 3. The highest BCUT2D eigenvalue weighted by Gasteiger charge is 2.27. The second kappa shape index (κ2) is 6.25. The van der Waals surface area contributed by atoms with Gasteiger partial charge in [-0.2, -0.15) is 0 Å². The number of benzene rings is 1. The van der Waals surface area contributed by atoms with E-state index in [1.54, 1.807) is 18.2 Å². The smallest absolute Gasteiger partial charge is 0.335 e. The maximum Gasteiger partial charge on any atom is 0.335 e. The van der Waals surface area contributed by atoms with Crippen molar-refractivity contribution in [2.75, 3.05) is 13.1 Å². The summed E-state index contributed by atoms with van der Waals surface area (Å²) in [6, 6.07) is 10.1. The standard InChI is InChI=1S/C19H16FN3O3/c20-15-6-7-22(11-15)18(24)14-9-13-5-8-23(17(13)21-10-14)16-3-1-12(2-4-16)19(25)26/h1-5,8-10,15H,6-7,11H2,(H,25,26)/t15-/m1/s1. The first kappa shape index (κ1) is 16.3. The molecule has 1 saturated heterocycles. The highest BCUT2D eigenvalue weighted by Crippen LogP contribution is 2.22. The quantitative estimate of drug-likeness (QED) is 0.786. The maximum atomic E-state index is 13.3. The molecule has 3 aromatic rings. The van der Waals surface area contributed by atoms with E-state index in [0.717, 1.165) is 11.1 Å². The Labute approximate surface area is 148 Å². The molecule has 1 amide bonds. The normalized spacial score (nSPS) is 17.0. The summed E-state index contributed by atoms with van der Waals surface area (Å²) >= 11 is 0. The van der Waals surface area contributed by atoms with Gasteiger partial charge in [0.15, 0.2) is 0 Å². The topological polar surface area (TPSA) is 75.4 Å². The molecule has 6 nitrogen and oxygen atoms in total. The van der Waals surface area contributed by atoms with E-state index in [4.69, 9.17) is 5.11 Å². The molecule has 0 aliphatic carbocycles. The van der Waals surface area contributed by atoms with E-state index >= 15 is 0 Å². The molecule has 0 saturated carbocycles. The molecule has 1 fully saturated rings. The molecule has 26 heavy (non-hydrogen) atoms. The van der Waals surface area contributed by atoms with Crippen LogP contribution >= 0.6 is 0 Å². The van der Waals surface area contributed by atoms with E-state index in [9.17, 15) is 14.0 Å². The van der Waals surface area contributed by atoms with Gasteiger partial charge in [-0.05, 0) is 42.8 Å². The number of likely N-dealkylation sites (tertiary alicyclic amines) is 1. The first-order valence-corrected chi connectivity index (χ1v) is 8.27. The van der Waals surface area contributed by atoms with Crippen LogP contribution in [0.5, 0.6) is 0 Å². The number of aromatic carboxylic acids is 1. The number of nitrogens with zero attached hydrogens (tertiary/aromatic N) is 3. The zero-order valence-corrected chi connectivity index (χ0v) is 13.8. The average Bonchev–Trinajstić information content (AvgIpc) is 3.27. The molecule has 132 valence electrons. The SMILES string of the molecule is O=C(O)c1ccc(-n2ccc3cc(C(=O)N4CC[C@@H](F)C4)cnc32)cc1. The third-order valence-electron chi connectivity index (χ3n) is 4.58. The van der Waals surface area contributed by atoms with Crippen molar-refractivity contribution in [1.82, 2.24) is 14.5 Å². The maximum absolute atomic E-state index is 13.3. The van der Waals surface area contributed by atoms with Crippen molar-refractivity contribution in [2.45, 2.75) is 12.6 Å². The molecule has 7 heteroatoms. The van der Waals surface area contributed by atoms with Crippen LogP contribution in [0.15, 0.2) is 48.8 Å². The van der Waals surface area contributed by atoms with Crippen LogP contribution in [0.1, 0.15) is 27.1 Å². The van der Waals surface area contributed by atoms with Crippen molar-refractivity contribution >= 4 is 22.9 Å². The average molecular weight is 353 g/mol. The Morgan fingerprint density at radius 2 is 1.92 bits per heavy atom. The van der Waals surface area contributed by atoms with E-state index in [1.807, 2.05) is 16.8 Å². The number of pyridine rings is 1. The van der Waals surface area contributed by atoms with Gasteiger partial charge in [0.2, 0.25) is 0 Å². The number of rotatable bonds is 3. The Balaban J connectivity index is 1.65. The fraction of sp³-hybridized carbons (Fsp3) is 0.211. The molecule has 0 bridgehead atoms. The number of carboxylic acid groups (broad SMARTS) is 1. The molecular weight excluding hydrogens is 337 g/mol. The Morgan fingerprint density at radius 3 is 2.58 bits per heavy atom. The van der Waals surface area contributed by atoms with Gasteiger partial charge in [0, 0.05) is 30.0 Å².